The van der Waals surface area contributed by atoms with Crippen LogP contribution in [0, 0.1) is 19.7 Å². The Morgan fingerprint density at radius 2 is 1.70 bits per heavy atom. The van der Waals surface area contributed by atoms with Gasteiger partial charge in [-0.05, 0) is 50.2 Å². The first kappa shape index (κ1) is 19.7. The van der Waals surface area contributed by atoms with Crippen molar-refractivity contribution in [3.05, 3.63) is 82.2 Å². The number of hydrogen-bond acceptors (Lipinski definition) is 5. The molecule has 0 fully saturated rings. The molecule has 0 unspecified atom stereocenters. The van der Waals surface area contributed by atoms with Crippen LogP contribution in [-0.2, 0) is 0 Å². The van der Waals surface area contributed by atoms with E-state index in [1.807, 2.05) is 18.2 Å². The molecular formula is C22H17FN4O2S. The Balaban J connectivity index is 1.59. The molecule has 0 aliphatic carbocycles. The van der Waals surface area contributed by atoms with Crippen molar-refractivity contribution >= 4 is 44.9 Å². The van der Waals surface area contributed by atoms with Gasteiger partial charge >= 0.3 is 0 Å². The third-order valence-corrected chi connectivity index (χ3v) is 5.47. The van der Waals surface area contributed by atoms with Crippen molar-refractivity contribution < 1.29 is 14.0 Å². The van der Waals surface area contributed by atoms with Crippen molar-refractivity contribution in [1.29, 1.82) is 0 Å². The predicted molar refractivity (Wildman–Crippen MR) is 116 cm³/mol. The number of aromatic nitrogens is 2. The van der Waals surface area contributed by atoms with Crippen LogP contribution in [0.15, 0.2) is 54.6 Å². The number of para-hydroxylation sites is 1. The molecule has 6 nitrogen and oxygen atoms in total. The second-order valence-corrected chi connectivity index (χ2v) is 7.68. The third-order valence-electron chi connectivity index (χ3n) is 4.40. The topological polar surface area (TPSA) is 84.0 Å². The summed E-state index contributed by atoms with van der Waals surface area (Å²) in [6, 6.07) is 14.8. The van der Waals surface area contributed by atoms with E-state index in [9.17, 15) is 14.0 Å². The molecule has 0 saturated carbocycles. The Morgan fingerprint density at radius 3 is 2.47 bits per heavy atom. The van der Waals surface area contributed by atoms with E-state index in [1.54, 1.807) is 32.0 Å². The lowest BCUT2D eigenvalue weighted by Gasteiger charge is -2.07. The number of pyridine rings is 1. The number of carbonyl (C=O) groups is 2. The minimum Gasteiger partial charge on any atom is -0.321 e. The van der Waals surface area contributed by atoms with Crippen molar-refractivity contribution in [3.63, 3.8) is 0 Å². The molecule has 2 amide bonds. The number of halogens is 1. The molecule has 0 radical (unpaired) electrons. The second-order valence-electron chi connectivity index (χ2n) is 6.68. The van der Waals surface area contributed by atoms with Crippen LogP contribution in [0.4, 0.5) is 15.2 Å². The summed E-state index contributed by atoms with van der Waals surface area (Å²) in [7, 11) is 0. The van der Waals surface area contributed by atoms with Crippen LogP contribution < -0.4 is 10.6 Å². The molecule has 30 heavy (non-hydrogen) atoms. The van der Waals surface area contributed by atoms with E-state index in [1.165, 1.54) is 18.2 Å². The van der Waals surface area contributed by atoms with Gasteiger partial charge in [-0.3, -0.25) is 19.9 Å². The SMILES string of the molecule is Cc1cc(C(=O)Nc2nc(C)c(C(=O)Nc3ccccc3)s2)c2cc(F)ccc2n1. The van der Waals surface area contributed by atoms with Crippen molar-refractivity contribution in [2.24, 2.45) is 0 Å². The van der Waals surface area contributed by atoms with Crippen LogP contribution in [0.5, 0.6) is 0 Å². The maximum atomic E-state index is 13.7. The van der Waals surface area contributed by atoms with E-state index in [-0.39, 0.29) is 11.0 Å². The van der Waals surface area contributed by atoms with Gasteiger partial charge in [0.1, 0.15) is 10.7 Å². The van der Waals surface area contributed by atoms with Crippen molar-refractivity contribution in [3.8, 4) is 0 Å². The van der Waals surface area contributed by atoms with Gasteiger partial charge in [0, 0.05) is 16.8 Å². The van der Waals surface area contributed by atoms with Gasteiger partial charge in [-0.25, -0.2) is 9.37 Å². The van der Waals surface area contributed by atoms with Gasteiger partial charge < -0.3 is 5.32 Å². The van der Waals surface area contributed by atoms with Crippen LogP contribution in [-0.4, -0.2) is 21.8 Å². The molecule has 2 aromatic heterocycles. The fraction of sp³-hybridized carbons (Fsp3) is 0.0909. The summed E-state index contributed by atoms with van der Waals surface area (Å²) >= 11 is 1.08. The largest absolute Gasteiger partial charge is 0.321 e. The van der Waals surface area contributed by atoms with E-state index in [0.29, 0.717) is 38.4 Å². The Morgan fingerprint density at radius 1 is 0.933 bits per heavy atom. The second kappa shape index (κ2) is 8.00. The average molecular weight is 420 g/mol. The molecule has 8 heteroatoms. The first-order chi connectivity index (χ1) is 14.4. The van der Waals surface area contributed by atoms with Crippen molar-refractivity contribution in [1.82, 2.24) is 9.97 Å². The molecule has 0 atom stereocenters. The zero-order valence-electron chi connectivity index (χ0n) is 16.2. The normalized spacial score (nSPS) is 10.8. The Labute approximate surface area is 175 Å². The number of rotatable bonds is 4. The Hall–Kier alpha value is -3.65. The number of anilines is 2. The Kier molecular flexibility index (Phi) is 5.24. The molecule has 4 aromatic rings. The third kappa shape index (κ3) is 4.04. The lowest BCUT2D eigenvalue weighted by Crippen LogP contribution is -2.13. The summed E-state index contributed by atoms with van der Waals surface area (Å²) in [6.45, 7) is 3.46. The van der Waals surface area contributed by atoms with E-state index in [0.717, 1.165) is 11.3 Å². The molecule has 4 rings (SSSR count). The summed E-state index contributed by atoms with van der Waals surface area (Å²) in [5, 5.41) is 6.22. The highest BCUT2D eigenvalue weighted by Gasteiger charge is 2.19. The number of fused-ring (bicyclic) bond motifs is 1. The quantitative estimate of drug-likeness (QED) is 0.489. The van der Waals surface area contributed by atoms with Gasteiger partial charge in [-0.15, -0.1) is 0 Å². The fourth-order valence-corrected chi connectivity index (χ4v) is 3.91. The van der Waals surface area contributed by atoms with Crippen LogP contribution in [0.2, 0.25) is 0 Å². The van der Waals surface area contributed by atoms with Gasteiger partial charge in [0.2, 0.25) is 0 Å². The van der Waals surface area contributed by atoms with E-state index < -0.39 is 11.7 Å². The minimum absolute atomic E-state index is 0.287. The molecular weight excluding hydrogens is 403 g/mol. The number of aryl methyl sites for hydroxylation is 2. The summed E-state index contributed by atoms with van der Waals surface area (Å²) in [4.78, 5) is 34.5. The lowest BCUT2D eigenvalue weighted by atomic mass is 10.1. The monoisotopic (exact) mass is 420 g/mol. The van der Waals surface area contributed by atoms with E-state index >= 15 is 0 Å². The maximum absolute atomic E-state index is 13.7. The molecule has 2 heterocycles. The van der Waals surface area contributed by atoms with Crippen LogP contribution in [0.25, 0.3) is 10.9 Å². The van der Waals surface area contributed by atoms with Crippen molar-refractivity contribution in [2.75, 3.05) is 10.6 Å². The van der Waals surface area contributed by atoms with Gasteiger partial charge in [-0.1, -0.05) is 29.5 Å². The summed E-state index contributed by atoms with van der Waals surface area (Å²) in [6.07, 6.45) is 0. The first-order valence-corrected chi connectivity index (χ1v) is 9.94. The molecule has 0 bridgehead atoms. The molecule has 0 saturated heterocycles. The van der Waals surface area contributed by atoms with Crippen molar-refractivity contribution in [2.45, 2.75) is 13.8 Å². The number of thiazole rings is 1. The highest BCUT2D eigenvalue weighted by molar-refractivity contribution is 7.17. The molecule has 150 valence electrons. The maximum Gasteiger partial charge on any atom is 0.267 e. The summed E-state index contributed by atoms with van der Waals surface area (Å²) in [5.74, 6) is -1.20. The summed E-state index contributed by atoms with van der Waals surface area (Å²) in [5.41, 5.74) is 2.63. The van der Waals surface area contributed by atoms with Crippen LogP contribution in [0.1, 0.15) is 31.4 Å². The van der Waals surface area contributed by atoms with Gasteiger partial charge in [0.15, 0.2) is 5.13 Å². The zero-order valence-corrected chi connectivity index (χ0v) is 17.0. The highest BCUT2D eigenvalue weighted by atomic mass is 32.1. The Bertz CT molecular complexity index is 1270. The number of nitrogens with one attached hydrogen (secondary N) is 2. The predicted octanol–water partition coefficient (Wildman–Crippen LogP) is 4.95. The smallest absolute Gasteiger partial charge is 0.267 e. The molecule has 0 spiro atoms. The van der Waals surface area contributed by atoms with Crippen LogP contribution >= 0.6 is 11.3 Å². The van der Waals surface area contributed by atoms with Crippen LogP contribution in [0.3, 0.4) is 0 Å². The number of nitrogens with zero attached hydrogens (tertiary/aromatic N) is 2. The highest BCUT2D eigenvalue weighted by Crippen LogP contribution is 2.26. The number of carbonyl (C=O) groups excluding carboxylic acids is 2. The van der Waals surface area contributed by atoms with Gasteiger partial charge in [0.05, 0.1) is 16.8 Å². The zero-order chi connectivity index (χ0) is 21.3. The van der Waals surface area contributed by atoms with Gasteiger partial charge in [-0.2, -0.15) is 0 Å². The summed E-state index contributed by atoms with van der Waals surface area (Å²) < 4.78 is 13.7. The molecule has 2 N–H and O–H groups in total. The first-order valence-electron chi connectivity index (χ1n) is 9.13. The van der Waals surface area contributed by atoms with Gasteiger partial charge in [0.25, 0.3) is 11.8 Å². The minimum atomic E-state index is -0.452. The fourth-order valence-electron chi connectivity index (χ4n) is 3.05. The number of amides is 2. The average Bonchev–Trinajstić information content (AvgIpc) is 3.08. The lowest BCUT2D eigenvalue weighted by molar-refractivity contribution is 0.102. The van der Waals surface area contributed by atoms with E-state index in [2.05, 4.69) is 20.6 Å². The molecule has 0 aliphatic rings. The molecule has 0 aliphatic heterocycles. The number of hydrogen-bond donors (Lipinski definition) is 2. The van der Waals surface area contributed by atoms with E-state index in [4.69, 9.17) is 0 Å². The molecule has 2 aromatic carbocycles. The number of benzene rings is 2. The standard InChI is InChI=1S/C22H17FN4O2S/c1-12-10-17(16-11-14(23)8-9-18(16)24-12)20(28)27-22-25-13(2)19(30-22)21(29)26-15-6-4-3-5-7-15/h3-11H,1-2H3,(H,26,29)(H,25,27,28).